The molecule has 4 rings (SSSR count). The summed E-state index contributed by atoms with van der Waals surface area (Å²) >= 11 is 12.1. The summed E-state index contributed by atoms with van der Waals surface area (Å²) in [7, 11) is 0. The Morgan fingerprint density at radius 3 is 2.64 bits per heavy atom. The minimum Gasteiger partial charge on any atom is -0.494 e. The van der Waals surface area contributed by atoms with Crippen LogP contribution in [0.25, 0.3) is 0 Å². The van der Waals surface area contributed by atoms with Crippen molar-refractivity contribution < 1.29 is 4.74 Å². The van der Waals surface area contributed by atoms with Crippen LogP contribution in [-0.4, -0.2) is 27.7 Å². The first kappa shape index (κ1) is 18.8. The van der Waals surface area contributed by atoms with E-state index in [-0.39, 0.29) is 6.04 Å². The van der Waals surface area contributed by atoms with Gasteiger partial charge in [-0.1, -0.05) is 35.9 Å². The van der Waals surface area contributed by atoms with E-state index in [9.17, 15) is 0 Å². The van der Waals surface area contributed by atoms with E-state index in [1.54, 1.807) is 0 Å². The Balaban J connectivity index is 1.65. The predicted octanol–water partition coefficient (Wildman–Crippen LogP) is 5.34. The van der Waals surface area contributed by atoms with Crippen LogP contribution in [-0.2, 0) is 6.54 Å². The maximum absolute atomic E-state index is 6.31. The van der Waals surface area contributed by atoms with Gasteiger partial charge in [0.2, 0.25) is 0 Å². The zero-order valence-electron chi connectivity index (χ0n) is 15.6. The summed E-state index contributed by atoms with van der Waals surface area (Å²) in [4.78, 5) is 2.23. The Labute approximate surface area is 175 Å². The molecule has 0 spiro atoms. The van der Waals surface area contributed by atoms with Crippen molar-refractivity contribution in [3.05, 3.63) is 83.1 Å². The molecule has 2 heterocycles. The monoisotopic (exact) mass is 411 g/mol. The molecule has 3 aromatic rings. The number of nitrogens with zero attached hydrogens (tertiary/aromatic N) is 2. The summed E-state index contributed by atoms with van der Waals surface area (Å²) < 4.78 is 7.88. The van der Waals surface area contributed by atoms with E-state index in [4.69, 9.17) is 28.6 Å². The van der Waals surface area contributed by atoms with Crippen LogP contribution in [0.2, 0.25) is 5.02 Å². The largest absolute Gasteiger partial charge is 0.494 e. The van der Waals surface area contributed by atoms with Crippen molar-refractivity contribution in [1.29, 1.82) is 0 Å². The van der Waals surface area contributed by atoms with Crippen molar-refractivity contribution >= 4 is 34.6 Å². The molecule has 0 amide bonds. The Kier molecular flexibility index (Phi) is 5.55. The fourth-order valence-corrected chi connectivity index (χ4v) is 4.11. The first-order valence-corrected chi connectivity index (χ1v) is 10.2. The van der Waals surface area contributed by atoms with E-state index in [1.165, 1.54) is 11.3 Å². The molecular weight excluding hydrogens is 390 g/mol. The Hall–Kier alpha value is -2.50. The number of fused-ring (bicyclic) bond motifs is 1. The number of halogens is 1. The number of aromatic nitrogens is 1. The summed E-state index contributed by atoms with van der Waals surface area (Å²) in [6, 6.07) is 20.2. The van der Waals surface area contributed by atoms with Crippen LogP contribution >= 0.6 is 23.8 Å². The van der Waals surface area contributed by atoms with Crippen molar-refractivity contribution in [1.82, 2.24) is 9.47 Å². The van der Waals surface area contributed by atoms with Gasteiger partial charge in [0.15, 0.2) is 5.11 Å². The lowest BCUT2D eigenvalue weighted by atomic mass is 10.00. The molecule has 0 unspecified atom stereocenters. The number of anilines is 1. The fourth-order valence-electron chi connectivity index (χ4n) is 3.62. The predicted molar refractivity (Wildman–Crippen MR) is 118 cm³/mol. The fraction of sp³-hybridized carbons (Fsp3) is 0.227. The summed E-state index contributed by atoms with van der Waals surface area (Å²) in [5.74, 6) is 0.876. The van der Waals surface area contributed by atoms with Gasteiger partial charge in [-0.25, -0.2) is 0 Å². The standard InChI is InChI=1S/C22H22ClN3OS/c1-2-27-17-11-9-16(10-12-17)21-20-8-5-13-25(20)14-15-26(21)22(28)24-19-7-4-3-6-18(19)23/h3-13,21H,2,14-15H2,1H3,(H,24,28)/t21-/m1/s1. The van der Waals surface area contributed by atoms with Gasteiger partial charge < -0.3 is 19.5 Å². The second kappa shape index (κ2) is 8.25. The number of hydrogen-bond donors (Lipinski definition) is 1. The molecule has 1 aliphatic rings. The molecule has 0 saturated carbocycles. The highest BCUT2D eigenvalue weighted by atomic mass is 35.5. The third-order valence-electron chi connectivity index (χ3n) is 4.92. The van der Waals surface area contributed by atoms with E-state index >= 15 is 0 Å². The van der Waals surface area contributed by atoms with Gasteiger partial charge in [-0.05, 0) is 61.1 Å². The lowest BCUT2D eigenvalue weighted by Crippen LogP contribution is -2.44. The van der Waals surface area contributed by atoms with Gasteiger partial charge in [0.05, 0.1) is 23.4 Å². The van der Waals surface area contributed by atoms with E-state index in [0.717, 1.165) is 24.5 Å². The molecule has 0 fully saturated rings. The van der Waals surface area contributed by atoms with Crippen LogP contribution in [0.5, 0.6) is 5.75 Å². The minimum atomic E-state index is 0.0296. The zero-order chi connectivity index (χ0) is 19.5. The molecule has 144 valence electrons. The van der Waals surface area contributed by atoms with Gasteiger partial charge in [0.1, 0.15) is 5.75 Å². The third kappa shape index (κ3) is 3.73. The quantitative estimate of drug-likeness (QED) is 0.586. The summed E-state index contributed by atoms with van der Waals surface area (Å²) in [5, 5.41) is 4.65. The van der Waals surface area contributed by atoms with E-state index < -0.39 is 0 Å². The molecule has 0 bridgehead atoms. The lowest BCUT2D eigenvalue weighted by molar-refractivity contribution is 0.293. The molecule has 6 heteroatoms. The van der Waals surface area contributed by atoms with Gasteiger partial charge >= 0.3 is 0 Å². The lowest BCUT2D eigenvalue weighted by Gasteiger charge is -2.39. The van der Waals surface area contributed by atoms with Crippen LogP contribution in [0.15, 0.2) is 66.9 Å². The Morgan fingerprint density at radius 2 is 1.89 bits per heavy atom. The normalized spacial score (nSPS) is 15.8. The number of hydrogen-bond acceptors (Lipinski definition) is 2. The SMILES string of the molecule is CCOc1ccc([C@@H]2c3cccn3CCN2C(=S)Nc2ccccc2Cl)cc1. The molecule has 0 radical (unpaired) electrons. The second-order valence-corrected chi connectivity index (χ2v) is 7.43. The Bertz CT molecular complexity index is 970. The van der Waals surface area contributed by atoms with Crippen molar-refractivity contribution in [3.63, 3.8) is 0 Å². The maximum atomic E-state index is 6.31. The van der Waals surface area contributed by atoms with Gasteiger partial charge in [0.25, 0.3) is 0 Å². The van der Waals surface area contributed by atoms with E-state index in [2.05, 4.69) is 45.2 Å². The Morgan fingerprint density at radius 1 is 1.11 bits per heavy atom. The van der Waals surface area contributed by atoms with Crippen LogP contribution in [0.1, 0.15) is 24.2 Å². The molecule has 1 aliphatic heterocycles. The summed E-state index contributed by atoms with van der Waals surface area (Å²) in [5.41, 5.74) is 3.21. The minimum absolute atomic E-state index is 0.0296. The van der Waals surface area contributed by atoms with Gasteiger partial charge in [0, 0.05) is 25.0 Å². The molecule has 0 aliphatic carbocycles. The molecule has 1 atom stereocenters. The van der Waals surface area contributed by atoms with Crippen molar-refractivity contribution in [2.24, 2.45) is 0 Å². The van der Waals surface area contributed by atoms with E-state index in [0.29, 0.717) is 16.7 Å². The van der Waals surface area contributed by atoms with Gasteiger partial charge in [-0.3, -0.25) is 0 Å². The van der Waals surface area contributed by atoms with Crippen LogP contribution in [0.3, 0.4) is 0 Å². The highest BCUT2D eigenvalue weighted by molar-refractivity contribution is 7.80. The number of para-hydroxylation sites is 1. The highest BCUT2D eigenvalue weighted by Gasteiger charge is 2.30. The summed E-state index contributed by atoms with van der Waals surface area (Å²) in [6.45, 7) is 4.35. The molecular formula is C22H22ClN3OS. The van der Waals surface area contributed by atoms with Crippen LogP contribution < -0.4 is 10.1 Å². The van der Waals surface area contributed by atoms with Crippen LogP contribution in [0.4, 0.5) is 5.69 Å². The van der Waals surface area contributed by atoms with E-state index in [1.807, 2.05) is 43.3 Å². The summed E-state index contributed by atoms with van der Waals surface area (Å²) in [6.07, 6.45) is 2.12. The van der Waals surface area contributed by atoms with Crippen molar-refractivity contribution in [2.75, 3.05) is 18.5 Å². The van der Waals surface area contributed by atoms with Crippen molar-refractivity contribution in [3.8, 4) is 5.75 Å². The first-order valence-electron chi connectivity index (χ1n) is 9.37. The number of thiocarbonyl (C=S) groups is 1. The number of ether oxygens (including phenoxy) is 1. The highest BCUT2D eigenvalue weighted by Crippen LogP contribution is 2.34. The van der Waals surface area contributed by atoms with Gasteiger partial charge in [-0.15, -0.1) is 0 Å². The zero-order valence-corrected chi connectivity index (χ0v) is 17.2. The second-order valence-electron chi connectivity index (χ2n) is 6.63. The van der Waals surface area contributed by atoms with Crippen molar-refractivity contribution in [2.45, 2.75) is 19.5 Å². The molecule has 1 N–H and O–H groups in total. The average Bonchev–Trinajstić information content (AvgIpc) is 3.19. The van der Waals surface area contributed by atoms with Gasteiger partial charge in [-0.2, -0.15) is 0 Å². The molecule has 4 nitrogen and oxygen atoms in total. The number of rotatable bonds is 4. The smallest absolute Gasteiger partial charge is 0.174 e. The topological polar surface area (TPSA) is 29.4 Å². The average molecular weight is 412 g/mol. The first-order chi connectivity index (χ1) is 13.7. The number of nitrogens with one attached hydrogen (secondary N) is 1. The molecule has 28 heavy (non-hydrogen) atoms. The maximum Gasteiger partial charge on any atom is 0.174 e. The molecule has 2 aromatic carbocycles. The molecule has 0 saturated heterocycles. The number of benzene rings is 2. The third-order valence-corrected chi connectivity index (χ3v) is 5.59. The van der Waals surface area contributed by atoms with Crippen LogP contribution in [0, 0.1) is 0 Å². The molecule has 1 aromatic heterocycles.